The molecule has 202 valence electrons. The van der Waals surface area contributed by atoms with Gasteiger partial charge in [0.25, 0.3) is 0 Å². The smallest absolute Gasteiger partial charge is 0.246 e. The SMILES string of the molecule is C=CC(=O)N1CCC(c2ccc3ncnc(Nc4ccc(Oc5ccc6c(c5)ncn6C)c(C)c4)c3n2)CC1C. The van der Waals surface area contributed by atoms with E-state index in [1.807, 2.05) is 72.0 Å². The third-order valence-corrected chi connectivity index (χ3v) is 7.62. The first-order valence-electron chi connectivity index (χ1n) is 13.4. The van der Waals surface area contributed by atoms with E-state index in [9.17, 15) is 4.79 Å². The number of carbonyl (C=O) groups is 1. The summed E-state index contributed by atoms with van der Waals surface area (Å²) in [6.07, 6.45) is 6.44. The number of aryl methyl sites for hydroxylation is 2. The number of carbonyl (C=O) groups excluding carboxylic acids is 1. The molecular formula is C31H31N7O2. The Hall–Kier alpha value is -4.79. The number of hydrogen-bond donors (Lipinski definition) is 1. The molecule has 2 aromatic carbocycles. The third-order valence-electron chi connectivity index (χ3n) is 7.62. The zero-order valence-corrected chi connectivity index (χ0v) is 22.8. The number of nitrogens with one attached hydrogen (secondary N) is 1. The van der Waals surface area contributed by atoms with Crippen LogP contribution in [0.2, 0.25) is 0 Å². The van der Waals surface area contributed by atoms with Gasteiger partial charge in [-0.15, -0.1) is 0 Å². The number of aromatic nitrogens is 5. The quantitative estimate of drug-likeness (QED) is 0.266. The van der Waals surface area contributed by atoms with Crippen LogP contribution in [-0.2, 0) is 11.8 Å². The van der Waals surface area contributed by atoms with Crippen molar-refractivity contribution in [2.24, 2.45) is 7.05 Å². The molecule has 9 heteroatoms. The minimum Gasteiger partial charge on any atom is -0.457 e. The molecule has 0 aliphatic carbocycles. The van der Waals surface area contributed by atoms with Crippen molar-refractivity contribution in [3.63, 3.8) is 0 Å². The molecular weight excluding hydrogens is 502 g/mol. The van der Waals surface area contributed by atoms with Crippen LogP contribution in [0.3, 0.4) is 0 Å². The van der Waals surface area contributed by atoms with E-state index < -0.39 is 0 Å². The molecule has 1 fully saturated rings. The molecule has 1 amide bonds. The van der Waals surface area contributed by atoms with Gasteiger partial charge in [0.05, 0.1) is 22.9 Å². The Morgan fingerprint density at radius 3 is 2.77 bits per heavy atom. The summed E-state index contributed by atoms with van der Waals surface area (Å²) in [5.74, 6) is 2.39. The second kappa shape index (κ2) is 10.4. The normalized spacial score (nSPS) is 17.2. The van der Waals surface area contributed by atoms with E-state index in [0.29, 0.717) is 12.4 Å². The molecule has 4 heterocycles. The van der Waals surface area contributed by atoms with Crippen LogP contribution >= 0.6 is 0 Å². The van der Waals surface area contributed by atoms with Crippen LogP contribution in [0, 0.1) is 6.92 Å². The van der Waals surface area contributed by atoms with Crippen LogP contribution in [0.25, 0.3) is 22.1 Å². The molecule has 9 nitrogen and oxygen atoms in total. The Labute approximate surface area is 232 Å². The molecule has 2 unspecified atom stereocenters. The van der Waals surface area contributed by atoms with Gasteiger partial charge >= 0.3 is 0 Å². The number of benzene rings is 2. The summed E-state index contributed by atoms with van der Waals surface area (Å²) in [5.41, 5.74) is 6.29. The molecule has 0 bridgehead atoms. The highest BCUT2D eigenvalue weighted by Gasteiger charge is 2.29. The molecule has 0 saturated carbocycles. The van der Waals surface area contributed by atoms with Crippen LogP contribution in [-0.4, -0.2) is 47.9 Å². The number of amides is 1. The molecule has 0 spiro atoms. The number of likely N-dealkylation sites (tertiary alicyclic amines) is 1. The van der Waals surface area contributed by atoms with Crippen molar-refractivity contribution in [3.05, 3.63) is 85.1 Å². The average molecular weight is 534 g/mol. The lowest BCUT2D eigenvalue weighted by atomic mass is 9.88. The molecule has 3 aromatic heterocycles. The zero-order chi connectivity index (χ0) is 27.8. The van der Waals surface area contributed by atoms with Gasteiger partial charge in [-0.1, -0.05) is 6.58 Å². The van der Waals surface area contributed by atoms with Crippen molar-refractivity contribution >= 4 is 39.5 Å². The first-order chi connectivity index (χ1) is 19.4. The monoisotopic (exact) mass is 533 g/mol. The lowest BCUT2D eigenvalue weighted by Gasteiger charge is -2.37. The molecule has 5 aromatic rings. The Bertz CT molecular complexity index is 1750. The van der Waals surface area contributed by atoms with E-state index in [4.69, 9.17) is 9.72 Å². The van der Waals surface area contributed by atoms with Crippen molar-refractivity contribution < 1.29 is 9.53 Å². The van der Waals surface area contributed by atoms with Crippen molar-refractivity contribution in [1.82, 2.24) is 29.4 Å². The average Bonchev–Trinajstić information content (AvgIpc) is 3.33. The number of hydrogen-bond acceptors (Lipinski definition) is 7. The molecule has 0 radical (unpaired) electrons. The molecule has 6 rings (SSSR count). The topological polar surface area (TPSA) is 98.1 Å². The summed E-state index contributed by atoms with van der Waals surface area (Å²) < 4.78 is 8.16. The zero-order valence-electron chi connectivity index (χ0n) is 22.8. The van der Waals surface area contributed by atoms with Gasteiger partial charge in [0.2, 0.25) is 5.91 Å². The van der Waals surface area contributed by atoms with Gasteiger partial charge in [-0.2, -0.15) is 0 Å². The molecule has 1 N–H and O–H groups in total. The standard InChI is InChI=1S/C31H31N7O2/c1-5-29(39)38-13-12-21(15-20(38)3)24-8-9-25-30(36-24)31(33-17-32-25)35-22-6-11-28(19(2)14-22)40-23-7-10-27-26(16-23)34-18-37(27)4/h5-11,14,16-18,20-21H,1,12-13,15H2,2-4H3,(H,32,33,35). The number of piperidine rings is 1. The highest BCUT2D eigenvalue weighted by atomic mass is 16.5. The lowest BCUT2D eigenvalue weighted by molar-refractivity contribution is -0.129. The van der Waals surface area contributed by atoms with Crippen molar-refractivity contribution in [1.29, 1.82) is 0 Å². The minimum atomic E-state index is -0.0155. The van der Waals surface area contributed by atoms with Crippen LogP contribution in [0.1, 0.15) is 36.9 Å². The maximum atomic E-state index is 12.2. The summed E-state index contributed by atoms with van der Waals surface area (Å²) >= 11 is 0. The first kappa shape index (κ1) is 25.5. The van der Waals surface area contributed by atoms with Gasteiger partial charge < -0.3 is 19.5 Å². The third kappa shape index (κ3) is 4.86. The largest absolute Gasteiger partial charge is 0.457 e. The number of ether oxygens (including phenoxy) is 1. The predicted octanol–water partition coefficient (Wildman–Crippen LogP) is 6.04. The van der Waals surface area contributed by atoms with Crippen LogP contribution in [0.5, 0.6) is 11.5 Å². The van der Waals surface area contributed by atoms with E-state index in [0.717, 1.165) is 63.4 Å². The van der Waals surface area contributed by atoms with E-state index in [1.54, 1.807) is 12.7 Å². The fourth-order valence-corrected chi connectivity index (χ4v) is 5.44. The van der Waals surface area contributed by atoms with Crippen molar-refractivity contribution in [2.75, 3.05) is 11.9 Å². The fourth-order valence-electron chi connectivity index (χ4n) is 5.44. The van der Waals surface area contributed by atoms with Gasteiger partial charge in [-0.3, -0.25) is 4.79 Å². The highest BCUT2D eigenvalue weighted by Crippen LogP contribution is 2.34. The van der Waals surface area contributed by atoms with Crippen LogP contribution < -0.4 is 10.1 Å². The molecule has 1 saturated heterocycles. The summed E-state index contributed by atoms with van der Waals surface area (Å²) in [6.45, 7) is 8.41. The van der Waals surface area contributed by atoms with Gasteiger partial charge in [0, 0.05) is 43.0 Å². The minimum absolute atomic E-state index is 0.0155. The predicted molar refractivity (Wildman–Crippen MR) is 156 cm³/mol. The number of nitrogens with zero attached hydrogens (tertiary/aromatic N) is 6. The van der Waals surface area contributed by atoms with Gasteiger partial charge in [-0.05, 0) is 80.8 Å². The number of fused-ring (bicyclic) bond motifs is 2. The van der Waals surface area contributed by atoms with E-state index >= 15 is 0 Å². The van der Waals surface area contributed by atoms with Gasteiger partial charge in [-0.25, -0.2) is 19.9 Å². The molecule has 2 atom stereocenters. The van der Waals surface area contributed by atoms with Crippen molar-refractivity contribution in [3.8, 4) is 11.5 Å². The van der Waals surface area contributed by atoms with E-state index in [2.05, 4.69) is 33.8 Å². The Balaban J connectivity index is 1.21. The molecule has 40 heavy (non-hydrogen) atoms. The molecule has 1 aliphatic heterocycles. The maximum absolute atomic E-state index is 12.2. The van der Waals surface area contributed by atoms with E-state index in [-0.39, 0.29) is 17.9 Å². The summed E-state index contributed by atoms with van der Waals surface area (Å²) in [6, 6.07) is 16.0. The number of pyridine rings is 1. The Morgan fingerprint density at radius 1 is 1.10 bits per heavy atom. The first-order valence-corrected chi connectivity index (χ1v) is 13.4. The molecule has 1 aliphatic rings. The second-order valence-corrected chi connectivity index (χ2v) is 10.3. The number of imidazole rings is 1. The van der Waals surface area contributed by atoms with Gasteiger partial charge in [0.15, 0.2) is 5.82 Å². The van der Waals surface area contributed by atoms with Crippen LogP contribution in [0.4, 0.5) is 11.5 Å². The summed E-state index contributed by atoms with van der Waals surface area (Å²) in [5, 5.41) is 3.43. The Kier molecular flexibility index (Phi) is 6.63. The second-order valence-electron chi connectivity index (χ2n) is 10.3. The van der Waals surface area contributed by atoms with Gasteiger partial charge in [0.1, 0.15) is 23.3 Å². The van der Waals surface area contributed by atoms with E-state index in [1.165, 1.54) is 6.08 Å². The number of anilines is 2. The van der Waals surface area contributed by atoms with Crippen molar-refractivity contribution in [2.45, 2.75) is 38.6 Å². The highest BCUT2D eigenvalue weighted by molar-refractivity contribution is 5.88. The fraction of sp³-hybridized carbons (Fsp3) is 0.258. The summed E-state index contributed by atoms with van der Waals surface area (Å²) in [7, 11) is 1.97. The van der Waals surface area contributed by atoms with Crippen LogP contribution in [0.15, 0.2) is 73.8 Å². The summed E-state index contributed by atoms with van der Waals surface area (Å²) in [4.78, 5) is 32.4. The lowest BCUT2D eigenvalue weighted by Crippen LogP contribution is -2.43. The maximum Gasteiger partial charge on any atom is 0.246 e. The number of rotatable bonds is 6. The Morgan fingerprint density at radius 2 is 1.98 bits per heavy atom.